The quantitative estimate of drug-likeness (QED) is 0.804. The Morgan fingerprint density at radius 1 is 1.25 bits per heavy atom. The van der Waals surface area contributed by atoms with E-state index in [-0.39, 0.29) is 0 Å². The second-order valence-corrected chi connectivity index (χ2v) is 9.88. The molecule has 7 heteroatoms. The molecule has 6 nitrogen and oxygen atoms in total. The van der Waals surface area contributed by atoms with Crippen molar-refractivity contribution in [3.63, 3.8) is 0 Å². The molecule has 3 aliphatic rings. The first-order chi connectivity index (χ1) is 11.5. The molecular weight excluding hydrogens is 324 g/mol. The number of rotatable bonds is 4. The molecule has 0 radical (unpaired) electrons. The summed E-state index contributed by atoms with van der Waals surface area (Å²) >= 11 is 0. The summed E-state index contributed by atoms with van der Waals surface area (Å²) in [6.07, 6.45) is 5.51. The summed E-state index contributed by atoms with van der Waals surface area (Å²) in [6, 6.07) is 2.72. The van der Waals surface area contributed by atoms with Crippen molar-refractivity contribution in [2.24, 2.45) is 5.92 Å². The number of aryl methyl sites for hydroxylation is 2. The monoisotopic (exact) mass is 350 g/mol. The van der Waals surface area contributed by atoms with Crippen LogP contribution >= 0.6 is 0 Å². The lowest BCUT2D eigenvalue weighted by atomic mass is 9.96. The van der Waals surface area contributed by atoms with Crippen molar-refractivity contribution in [3.05, 3.63) is 17.3 Å². The third-order valence-corrected chi connectivity index (χ3v) is 7.58. The van der Waals surface area contributed by atoms with Crippen LogP contribution in [-0.4, -0.2) is 67.7 Å². The maximum Gasteiger partial charge on any atom is 0.151 e. The Bertz CT molecular complexity index is 715. The minimum absolute atomic E-state index is 0.303. The van der Waals surface area contributed by atoms with Crippen molar-refractivity contribution in [1.29, 1.82) is 0 Å². The predicted molar refractivity (Wildman–Crippen MR) is 94.1 cm³/mol. The van der Waals surface area contributed by atoms with Crippen molar-refractivity contribution in [1.82, 2.24) is 15.1 Å². The van der Waals surface area contributed by atoms with Gasteiger partial charge in [0, 0.05) is 25.7 Å². The SMILES string of the molecule is CN(CC1CCS(=O)(=O)C1)C1CN(c2cc3c(nn2)CCCC3)C1. The van der Waals surface area contributed by atoms with Crippen molar-refractivity contribution in [2.75, 3.05) is 43.1 Å². The number of likely N-dealkylation sites (N-methyl/N-ethyl adjacent to an activating group) is 1. The van der Waals surface area contributed by atoms with Gasteiger partial charge < -0.3 is 4.90 Å². The van der Waals surface area contributed by atoms with Crippen molar-refractivity contribution >= 4 is 15.7 Å². The molecule has 0 amide bonds. The molecule has 0 N–H and O–H groups in total. The van der Waals surface area contributed by atoms with E-state index in [9.17, 15) is 8.42 Å². The first-order valence-electron chi connectivity index (χ1n) is 9.01. The molecule has 1 aromatic heterocycles. The smallest absolute Gasteiger partial charge is 0.151 e. The molecule has 1 unspecified atom stereocenters. The number of aromatic nitrogens is 2. The molecule has 2 aliphatic heterocycles. The third kappa shape index (κ3) is 3.28. The molecule has 1 atom stereocenters. The molecular formula is C17H26N4O2S. The Kier molecular flexibility index (Phi) is 4.24. The Hall–Kier alpha value is -1.21. The van der Waals surface area contributed by atoms with Gasteiger partial charge in [0.2, 0.25) is 0 Å². The van der Waals surface area contributed by atoms with E-state index >= 15 is 0 Å². The van der Waals surface area contributed by atoms with Gasteiger partial charge >= 0.3 is 0 Å². The zero-order valence-corrected chi connectivity index (χ0v) is 15.1. The van der Waals surface area contributed by atoms with Gasteiger partial charge in [-0.3, -0.25) is 4.90 Å². The topological polar surface area (TPSA) is 66.4 Å². The highest BCUT2D eigenvalue weighted by Crippen LogP contribution is 2.27. The lowest BCUT2D eigenvalue weighted by Gasteiger charge is -2.45. The first-order valence-corrected chi connectivity index (χ1v) is 10.8. The fourth-order valence-corrected chi connectivity index (χ4v) is 5.98. The normalized spacial score (nSPS) is 26.4. The molecule has 2 fully saturated rings. The lowest BCUT2D eigenvalue weighted by molar-refractivity contribution is 0.181. The van der Waals surface area contributed by atoms with Crippen molar-refractivity contribution in [2.45, 2.75) is 38.1 Å². The number of hydrogen-bond donors (Lipinski definition) is 0. The molecule has 0 aromatic carbocycles. The van der Waals surface area contributed by atoms with Crippen LogP contribution in [0.15, 0.2) is 6.07 Å². The van der Waals surface area contributed by atoms with Gasteiger partial charge in [0.1, 0.15) is 0 Å². The number of fused-ring (bicyclic) bond motifs is 1. The highest BCUT2D eigenvalue weighted by molar-refractivity contribution is 7.91. The Labute approximate surface area is 144 Å². The standard InChI is InChI=1S/C17H26N4O2S/c1-20(9-13-6-7-24(22,23)12-13)15-10-21(11-15)17-8-14-4-2-3-5-16(14)18-19-17/h8,13,15H,2-7,9-12H2,1H3. The Morgan fingerprint density at radius 2 is 2.04 bits per heavy atom. The van der Waals surface area contributed by atoms with E-state index in [2.05, 4.69) is 33.1 Å². The van der Waals surface area contributed by atoms with Gasteiger partial charge in [0.05, 0.1) is 17.2 Å². The van der Waals surface area contributed by atoms with Crippen LogP contribution in [0.3, 0.4) is 0 Å². The van der Waals surface area contributed by atoms with Gasteiger partial charge in [-0.2, -0.15) is 5.10 Å². The number of sulfone groups is 1. The summed E-state index contributed by atoms with van der Waals surface area (Å²) in [5.41, 5.74) is 2.56. The average molecular weight is 350 g/mol. The molecule has 1 aliphatic carbocycles. The highest BCUT2D eigenvalue weighted by atomic mass is 32.2. The molecule has 2 saturated heterocycles. The van der Waals surface area contributed by atoms with E-state index < -0.39 is 9.84 Å². The average Bonchev–Trinajstić information content (AvgIpc) is 2.84. The summed E-state index contributed by atoms with van der Waals surface area (Å²) < 4.78 is 23.2. The van der Waals surface area contributed by atoms with E-state index in [1.165, 1.54) is 24.1 Å². The van der Waals surface area contributed by atoms with Crippen LogP contribution in [0.25, 0.3) is 0 Å². The Morgan fingerprint density at radius 3 is 2.79 bits per heavy atom. The third-order valence-electron chi connectivity index (χ3n) is 5.74. The highest BCUT2D eigenvalue weighted by Gasteiger charge is 2.35. The fourth-order valence-electron chi connectivity index (χ4n) is 4.13. The van der Waals surface area contributed by atoms with Crippen LogP contribution in [0.5, 0.6) is 0 Å². The van der Waals surface area contributed by atoms with E-state index in [4.69, 9.17) is 0 Å². The first kappa shape index (κ1) is 16.3. The lowest BCUT2D eigenvalue weighted by Crippen LogP contribution is -2.59. The number of nitrogens with zero attached hydrogens (tertiary/aromatic N) is 4. The van der Waals surface area contributed by atoms with E-state index in [1.807, 2.05) is 0 Å². The molecule has 132 valence electrons. The maximum absolute atomic E-state index is 11.6. The summed E-state index contributed by atoms with van der Waals surface area (Å²) in [5, 5.41) is 8.83. The molecule has 4 rings (SSSR count). The maximum atomic E-state index is 11.6. The van der Waals surface area contributed by atoms with Crippen LogP contribution in [0, 0.1) is 5.92 Å². The zero-order chi connectivity index (χ0) is 16.7. The minimum atomic E-state index is -2.77. The van der Waals surface area contributed by atoms with E-state index in [0.29, 0.717) is 23.5 Å². The summed E-state index contributed by atoms with van der Waals surface area (Å²) in [5.74, 6) is 2.04. The zero-order valence-electron chi connectivity index (χ0n) is 14.3. The van der Waals surface area contributed by atoms with Crippen LogP contribution in [-0.2, 0) is 22.7 Å². The second-order valence-electron chi connectivity index (χ2n) is 7.65. The fraction of sp³-hybridized carbons (Fsp3) is 0.765. The Balaban J connectivity index is 1.31. The van der Waals surface area contributed by atoms with Gasteiger partial charge in [0.25, 0.3) is 0 Å². The van der Waals surface area contributed by atoms with Gasteiger partial charge in [-0.05, 0) is 56.7 Å². The van der Waals surface area contributed by atoms with Crippen molar-refractivity contribution < 1.29 is 8.42 Å². The summed E-state index contributed by atoms with van der Waals surface area (Å²) in [6.45, 7) is 2.81. The predicted octanol–water partition coefficient (Wildman–Crippen LogP) is 0.910. The number of hydrogen-bond acceptors (Lipinski definition) is 6. The van der Waals surface area contributed by atoms with Crippen molar-refractivity contribution in [3.8, 4) is 0 Å². The van der Waals surface area contributed by atoms with Crippen LogP contribution in [0.2, 0.25) is 0 Å². The largest absolute Gasteiger partial charge is 0.352 e. The van der Waals surface area contributed by atoms with E-state index in [0.717, 1.165) is 44.7 Å². The molecule has 1 aromatic rings. The second kappa shape index (κ2) is 6.26. The van der Waals surface area contributed by atoms with Crippen LogP contribution < -0.4 is 4.90 Å². The minimum Gasteiger partial charge on any atom is -0.352 e. The molecule has 0 saturated carbocycles. The van der Waals surface area contributed by atoms with Gasteiger partial charge in [-0.25, -0.2) is 8.42 Å². The van der Waals surface area contributed by atoms with E-state index in [1.54, 1.807) is 0 Å². The number of anilines is 1. The van der Waals surface area contributed by atoms with Gasteiger partial charge in [-0.15, -0.1) is 5.10 Å². The van der Waals surface area contributed by atoms with Crippen LogP contribution in [0.1, 0.15) is 30.5 Å². The summed E-state index contributed by atoms with van der Waals surface area (Å²) in [4.78, 5) is 4.61. The molecule has 3 heterocycles. The molecule has 24 heavy (non-hydrogen) atoms. The summed E-state index contributed by atoms with van der Waals surface area (Å²) in [7, 11) is -0.657. The molecule has 0 bridgehead atoms. The van der Waals surface area contributed by atoms with Gasteiger partial charge in [-0.1, -0.05) is 0 Å². The van der Waals surface area contributed by atoms with Crippen LogP contribution in [0.4, 0.5) is 5.82 Å². The van der Waals surface area contributed by atoms with Gasteiger partial charge in [0.15, 0.2) is 15.7 Å². The molecule has 0 spiro atoms.